The van der Waals surface area contributed by atoms with Crippen LogP contribution in [-0.2, 0) is 30.6 Å². The van der Waals surface area contributed by atoms with Crippen molar-refractivity contribution in [1.82, 2.24) is 0 Å². The molecule has 1 saturated heterocycles. The van der Waals surface area contributed by atoms with Crippen molar-refractivity contribution in [2.45, 2.75) is 118 Å². The molecular weight excluding hydrogens is 656 g/mol. The van der Waals surface area contributed by atoms with Gasteiger partial charge in [-0.1, -0.05) is 158 Å². The van der Waals surface area contributed by atoms with Crippen LogP contribution in [0, 0.1) is 0 Å². The molecular formula is C32H54B2HfN4O. The van der Waals surface area contributed by atoms with E-state index in [1.54, 1.807) is 0 Å². The van der Waals surface area contributed by atoms with E-state index in [1.807, 2.05) is 36.4 Å². The Hall–Kier alpha value is -0.760. The van der Waals surface area contributed by atoms with Crippen LogP contribution < -0.4 is 10.9 Å². The quantitative estimate of drug-likeness (QED) is 0.279. The average molecular weight is 711 g/mol. The Bertz CT molecular complexity index is 790. The van der Waals surface area contributed by atoms with Gasteiger partial charge in [-0.05, 0) is 12.8 Å². The van der Waals surface area contributed by atoms with E-state index < -0.39 is 0 Å². The molecule has 0 aromatic heterocycles. The predicted octanol–water partition coefficient (Wildman–Crippen LogP) is 8.25. The van der Waals surface area contributed by atoms with Crippen LogP contribution in [0.3, 0.4) is 0 Å². The monoisotopic (exact) mass is 712 g/mol. The van der Waals surface area contributed by atoms with Gasteiger partial charge in [0.15, 0.2) is 0 Å². The van der Waals surface area contributed by atoms with Crippen molar-refractivity contribution in [2.24, 2.45) is 0 Å². The first kappa shape index (κ1) is 39.2. The second-order valence-electron chi connectivity index (χ2n) is 14.1. The smallest absolute Gasteiger partial charge is 0.695 e. The Morgan fingerprint density at radius 2 is 0.725 bits per heavy atom. The number of hydrogen-bond donors (Lipinski definition) is 0. The van der Waals surface area contributed by atoms with Crippen LogP contribution in [0.2, 0.25) is 0 Å². The summed E-state index contributed by atoms with van der Waals surface area (Å²) in [6, 6.07) is 20.6. The summed E-state index contributed by atoms with van der Waals surface area (Å²) in [5.74, 6) is 0. The SMILES string of the molecule is C1CCOC1.CC(C)(C)[N-]B([N-]C(C)(C)C)c1ccccc1.CC(C)(C)[N-]B([N-]C(C)(C)C)c1ccccc1.[Hf+4]. The first-order valence-electron chi connectivity index (χ1n) is 14.4. The van der Waals surface area contributed by atoms with E-state index in [9.17, 15) is 0 Å². The van der Waals surface area contributed by atoms with Gasteiger partial charge in [-0.25, -0.2) is 0 Å². The molecule has 0 radical (unpaired) electrons. The first-order chi connectivity index (χ1) is 17.8. The van der Waals surface area contributed by atoms with E-state index in [0.29, 0.717) is 0 Å². The number of rotatable bonds is 6. The molecule has 1 heterocycles. The van der Waals surface area contributed by atoms with Gasteiger partial charge in [0.1, 0.15) is 0 Å². The van der Waals surface area contributed by atoms with E-state index in [-0.39, 0.29) is 62.0 Å². The summed E-state index contributed by atoms with van der Waals surface area (Å²) >= 11 is 0. The fourth-order valence-corrected chi connectivity index (χ4v) is 3.58. The van der Waals surface area contributed by atoms with E-state index >= 15 is 0 Å². The number of ether oxygens (including phenoxy) is 1. The summed E-state index contributed by atoms with van der Waals surface area (Å²) in [7, 11) is 0. The third-order valence-electron chi connectivity index (χ3n) is 5.06. The second kappa shape index (κ2) is 18.0. The number of benzene rings is 2. The molecule has 0 unspecified atom stereocenters. The predicted molar refractivity (Wildman–Crippen MR) is 176 cm³/mol. The Labute approximate surface area is 267 Å². The zero-order valence-electron chi connectivity index (χ0n) is 27.5. The van der Waals surface area contributed by atoms with Gasteiger partial charge < -0.3 is 25.6 Å². The van der Waals surface area contributed by atoms with Gasteiger partial charge in [0.25, 0.3) is 0 Å². The molecule has 3 rings (SSSR count). The Morgan fingerprint density at radius 1 is 0.475 bits per heavy atom. The molecule has 1 aliphatic heterocycles. The summed E-state index contributed by atoms with van der Waals surface area (Å²) in [4.78, 5) is 0. The number of hydrogen-bond acceptors (Lipinski definition) is 1. The van der Waals surface area contributed by atoms with Gasteiger partial charge in [-0.2, -0.15) is 0 Å². The maximum Gasteiger partial charge on any atom is 4.00 e. The largest absolute Gasteiger partial charge is 4.00 e. The first-order valence-corrected chi connectivity index (χ1v) is 14.4. The molecule has 0 atom stereocenters. The number of nitrogens with zero attached hydrogens (tertiary/aromatic N) is 4. The van der Waals surface area contributed by atoms with Crippen LogP contribution >= 0.6 is 0 Å². The summed E-state index contributed by atoms with van der Waals surface area (Å²) in [5, 5.41) is 19.2. The van der Waals surface area contributed by atoms with Gasteiger partial charge in [-0.15, -0.1) is 33.1 Å². The third kappa shape index (κ3) is 21.0. The molecule has 0 spiro atoms. The summed E-state index contributed by atoms with van der Waals surface area (Å²) in [6.45, 7) is 27.2. The summed E-state index contributed by atoms with van der Waals surface area (Å²) in [6.07, 6.45) is 2.56. The molecule has 40 heavy (non-hydrogen) atoms. The van der Waals surface area contributed by atoms with Gasteiger partial charge >= 0.3 is 25.8 Å². The van der Waals surface area contributed by atoms with E-state index in [1.165, 1.54) is 12.8 Å². The third-order valence-corrected chi connectivity index (χ3v) is 5.06. The molecule has 2 aromatic carbocycles. The van der Waals surface area contributed by atoms with E-state index in [0.717, 1.165) is 24.1 Å². The standard InChI is InChI=1S/2C14H23BN2.C4H8O.Hf/c2*1-13(2,3)16-15(17-14(4,5)6)12-10-8-7-9-11-12;1-2-4-5-3-1;/h2*7-11H,1-6H3;1-4H2;/q2*-2;;+4. The zero-order valence-corrected chi connectivity index (χ0v) is 31.0. The fourth-order valence-electron chi connectivity index (χ4n) is 3.58. The van der Waals surface area contributed by atoms with Crippen LogP contribution in [0.5, 0.6) is 0 Å². The van der Waals surface area contributed by atoms with Crippen molar-refractivity contribution in [3.05, 3.63) is 81.6 Å². The minimum atomic E-state index is -0.0741. The molecule has 0 bridgehead atoms. The molecule has 0 aliphatic carbocycles. The molecule has 1 fully saturated rings. The fraction of sp³-hybridized carbons (Fsp3) is 0.625. The zero-order chi connectivity index (χ0) is 29.7. The molecule has 218 valence electrons. The van der Waals surface area contributed by atoms with Crippen molar-refractivity contribution < 1.29 is 30.6 Å². The Balaban J connectivity index is 0.000000632. The van der Waals surface area contributed by atoms with Crippen molar-refractivity contribution in [1.29, 1.82) is 0 Å². The molecule has 2 aromatic rings. The second-order valence-corrected chi connectivity index (χ2v) is 14.1. The topological polar surface area (TPSA) is 65.6 Å². The van der Waals surface area contributed by atoms with Gasteiger partial charge in [0.05, 0.1) is 0 Å². The van der Waals surface area contributed by atoms with Crippen LogP contribution in [0.1, 0.15) is 95.9 Å². The average Bonchev–Trinajstić information content (AvgIpc) is 3.37. The molecule has 5 nitrogen and oxygen atoms in total. The van der Waals surface area contributed by atoms with Crippen molar-refractivity contribution in [2.75, 3.05) is 13.2 Å². The molecule has 0 amide bonds. The van der Waals surface area contributed by atoms with Crippen LogP contribution in [0.15, 0.2) is 60.7 Å². The van der Waals surface area contributed by atoms with E-state index in [4.69, 9.17) is 25.6 Å². The maximum absolute atomic E-state index is 4.94. The normalized spacial score (nSPS) is 13.7. The molecule has 0 N–H and O–H groups in total. The summed E-state index contributed by atoms with van der Waals surface area (Å²) in [5.41, 5.74) is 2.03. The van der Waals surface area contributed by atoms with Crippen LogP contribution in [0.25, 0.3) is 20.9 Å². The molecule has 1 aliphatic rings. The minimum absolute atomic E-state index is 0. The minimum Gasteiger partial charge on any atom is -0.695 e. The van der Waals surface area contributed by atoms with Gasteiger partial charge in [0, 0.05) is 13.2 Å². The van der Waals surface area contributed by atoms with Crippen LogP contribution in [0.4, 0.5) is 0 Å². The van der Waals surface area contributed by atoms with Crippen LogP contribution in [-0.4, -0.2) is 49.3 Å². The van der Waals surface area contributed by atoms with Crippen molar-refractivity contribution in [3.8, 4) is 0 Å². The Kier molecular flexibility index (Phi) is 17.7. The Morgan fingerprint density at radius 3 is 0.900 bits per heavy atom. The van der Waals surface area contributed by atoms with Crippen molar-refractivity contribution >= 4 is 24.9 Å². The maximum atomic E-state index is 4.94. The molecule has 8 heteroatoms. The van der Waals surface area contributed by atoms with Crippen molar-refractivity contribution in [3.63, 3.8) is 0 Å². The van der Waals surface area contributed by atoms with E-state index in [2.05, 4.69) is 107 Å². The van der Waals surface area contributed by atoms with Gasteiger partial charge in [0.2, 0.25) is 0 Å². The molecule has 0 saturated carbocycles. The summed E-state index contributed by atoms with van der Waals surface area (Å²) < 4.78 is 4.94. The van der Waals surface area contributed by atoms with Gasteiger partial charge in [-0.3, -0.25) is 0 Å².